The summed E-state index contributed by atoms with van der Waals surface area (Å²) in [5.41, 5.74) is 1.79. The van der Waals surface area contributed by atoms with E-state index in [0.717, 1.165) is 16.9 Å². The summed E-state index contributed by atoms with van der Waals surface area (Å²) in [7, 11) is 8.78. The molecule has 0 radical (unpaired) electrons. The third-order valence-corrected chi connectivity index (χ3v) is 4.44. The summed E-state index contributed by atoms with van der Waals surface area (Å²) in [6.07, 6.45) is 3.21. The van der Waals surface area contributed by atoms with Gasteiger partial charge < -0.3 is 24.4 Å². The van der Waals surface area contributed by atoms with Gasteiger partial charge in [0.25, 0.3) is 0 Å². The lowest BCUT2D eigenvalue weighted by Gasteiger charge is -2.26. The van der Waals surface area contributed by atoms with Gasteiger partial charge in [-0.2, -0.15) is 0 Å². The summed E-state index contributed by atoms with van der Waals surface area (Å²) in [6.45, 7) is 0.450. The zero-order valence-corrected chi connectivity index (χ0v) is 17.1. The number of likely N-dealkylation sites (N-methyl/N-ethyl adjacent to an activating group) is 1. The van der Waals surface area contributed by atoms with Crippen LogP contribution in [0.15, 0.2) is 48.5 Å². The number of carbonyl (C=O) groups excluding carboxylic acids is 1. The first-order valence-electron chi connectivity index (χ1n) is 8.97. The van der Waals surface area contributed by atoms with Crippen LogP contribution < -0.4 is 19.5 Å². The van der Waals surface area contributed by atoms with Gasteiger partial charge in [-0.1, -0.05) is 18.2 Å². The normalized spacial score (nSPS) is 12.1. The van der Waals surface area contributed by atoms with Crippen LogP contribution in [0.3, 0.4) is 0 Å². The molecule has 0 aliphatic heterocycles. The molecule has 150 valence electrons. The van der Waals surface area contributed by atoms with Crippen molar-refractivity contribution in [2.24, 2.45) is 0 Å². The van der Waals surface area contributed by atoms with Crippen LogP contribution in [0.2, 0.25) is 0 Å². The van der Waals surface area contributed by atoms with E-state index in [0.29, 0.717) is 18.0 Å². The lowest BCUT2D eigenvalue weighted by Crippen LogP contribution is -2.33. The zero-order chi connectivity index (χ0) is 20.5. The molecule has 6 heteroatoms. The van der Waals surface area contributed by atoms with Gasteiger partial charge >= 0.3 is 0 Å². The summed E-state index contributed by atoms with van der Waals surface area (Å²) in [6, 6.07) is 13.2. The number of amides is 1. The molecule has 0 bridgehead atoms. The van der Waals surface area contributed by atoms with Crippen molar-refractivity contribution in [1.29, 1.82) is 0 Å². The average molecular weight is 384 g/mol. The molecule has 2 aromatic carbocycles. The Morgan fingerprint density at radius 2 is 1.75 bits per heavy atom. The van der Waals surface area contributed by atoms with Crippen molar-refractivity contribution in [3.05, 3.63) is 59.7 Å². The maximum absolute atomic E-state index is 12.4. The number of methoxy groups -OCH3 is 3. The quantitative estimate of drug-likeness (QED) is 0.673. The van der Waals surface area contributed by atoms with Crippen LogP contribution in [-0.4, -0.2) is 52.8 Å². The molecule has 1 N–H and O–H groups in total. The van der Waals surface area contributed by atoms with Crippen LogP contribution in [0.1, 0.15) is 17.2 Å². The van der Waals surface area contributed by atoms with E-state index in [-0.39, 0.29) is 11.9 Å². The van der Waals surface area contributed by atoms with Gasteiger partial charge in [0.2, 0.25) is 5.91 Å². The molecule has 0 aromatic heterocycles. The van der Waals surface area contributed by atoms with Crippen molar-refractivity contribution in [3.8, 4) is 17.2 Å². The number of nitrogens with zero attached hydrogens (tertiary/aromatic N) is 1. The van der Waals surface area contributed by atoms with Crippen LogP contribution >= 0.6 is 0 Å². The Kier molecular flexibility index (Phi) is 7.89. The number of hydrogen-bond acceptors (Lipinski definition) is 5. The molecular formula is C22H28N2O4. The number of hydrogen-bond donors (Lipinski definition) is 1. The van der Waals surface area contributed by atoms with Crippen molar-refractivity contribution < 1.29 is 19.0 Å². The first kappa shape index (κ1) is 21.3. The number of carbonyl (C=O) groups is 1. The Bertz CT molecular complexity index is 818. The minimum absolute atomic E-state index is 0.0140. The summed E-state index contributed by atoms with van der Waals surface area (Å²) >= 11 is 0. The fraction of sp³-hybridized carbons (Fsp3) is 0.318. The van der Waals surface area contributed by atoms with Crippen LogP contribution in [0, 0.1) is 0 Å². The van der Waals surface area contributed by atoms with Crippen LogP contribution in [0.25, 0.3) is 6.08 Å². The molecular weight excluding hydrogens is 356 g/mol. The zero-order valence-electron chi connectivity index (χ0n) is 17.1. The summed E-state index contributed by atoms with van der Waals surface area (Å²) < 4.78 is 16.0. The van der Waals surface area contributed by atoms with E-state index in [1.807, 2.05) is 55.4 Å². The maximum atomic E-state index is 12.4. The molecule has 0 saturated carbocycles. The molecule has 0 aliphatic carbocycles. The molecule has 28 heavy (non-hydrogen) atoms. The third-order valence-electron chi connectivity index (χ3n) is 4.44. The number of rotatable bonds is 9. The van der Waals surface area contributed by atoms with Gasteiger partial charge in [0.15, 0.2) is 0 Å². The molecule has 0 aliphatic rings. The Morgan fingerprint density at radius 1 is 1.04 bits per heavy atom. The van der Waals surface area contributed by atoms with E-state index in [2.05, 4.69) is 5.32 Å². The first-order chi connectivity index (χ1) is 13.5. The number of ether oxygens (including phenoxy) is 3. The van der Waals surface area contributed by atoms with E-state index in [9.17, 15) is 4.79 Å². The Hall–Kier alpha value is -2.99. The molecule has 0 spiro atoms. The molecule has 0 heterocycles. The highest BCUT2D eigenvalue weighted by Gasteiger charge is 2.18. The van der Waals surface area contributed by atoms with E-state index in [4.69, 9.17) is 14.2 Å². The highest BCUT2D eigenvalue weighted by atomic mass is 16.5. The Balaban J connectivity index is 2.09. The summed E-state index contributed by atoms with van der Waals surface area (Å²) in [5, 5.41) is 2.96. The number of para-hydroxylation sites is 1. The Morgan fingerprint density at radius 3 is 2.39 bits per heavy atom. The molecule has 0 fully saturated rings. The van der Waals surface area contributed by atoms with E-state index >= 15 is 0 Å². The highest BCUT2D eigenvalue weighted by molar-refractivity contribution is 5.92. The molecule has 2 rings (SSSR count). The standard InChI is InChI=1S/C22H28N2O4/c1-24(2)19(18-8-6-7-9-21(18)28-5)15-23-22(25)13-10-16-14-17(26-3)11-12-20(16)27-4/h6-14,19H,15H2,1-5H3,(H,23,25)/b13-10+. The fourth-order valence-corrected chi connectivity index (χ4v) is 2.90. The predicted octanol–water partition coefficient (Wildman–Crippen LogP) is 3.14. The van der Waals surface area contributed by atoms with Crippen molar-refractivity contribution in [1.82, 2.24) is 10.2 Å². The van der Waals surface area contributed by atoms with Gasteiger partial charge in [0.1, 0.15) is 17.2 Å². The maximum Gasteiger partial charge on any atom is 0.244 e. The van der Waals surface area contributed by atoms with Gasteiger partial charge in [-0.15, -0.1) is 0 Å². The van der Waals surface area contributed by atoms with Gasteiger partial charge in [0, 0.05) is 23.7 Å². The Labute approximate surface area is 166 Å². The van der Waals surface area contributed by atoms with Gasteiger partial charge in [-0.3, -0.25) is 4.79 Å². The van der Waals surface area contributed by atoms with Gasteiger partial charge in [0.05, 0.1) is 27.4 Å². The predicted molar refractivity (Wildman–Crippen MR) is 111 cm³/mol. The van der Waals surface area contributed by atoms with Crippen molar-refractivity contribution >= 4 is 12.0 Å². The molecule has 1 unspecified atom stereocenters. The smallest absolute Gasteiger partial charge is 0.244 e. The second-order valence-electron chi connectivity index (χ2n) is 6.41. The van der Waals surface area contributed by atoms with Gasteiger partial charge in [-0.25, -0.2) is 0 Å². The largest absolute Gasteiger partial charge is 0.497 e. The SMILES string of the molecule is COc1ccc(OC)c(/C=C/C(=O)NCC(c2ccccc2OC)N(C)C)c1. The topological polar surface area (TPSA) is 60.0 Å². The van der Waals surface area contributed by atoms with E-state index in [1.165, 1.54) is 6.08 Å². The molecule has 6 nitrogen and oxygen atoms in total. The van der Waals surface area contributed by atoms with Crippen molar-refractivity contribution in [2.45, 2.75) is 6.04 Å². The summed E-state index contributed by atoms with van der Waals surface area (Å²) in [4.78, 5) is 14.4. The lowest BCUT2D eigenvalue weighted by atomic mass is 10.0. The van der Waals surface area contributed by atoms with Gasteiger partial charge in [-0.05, 0) is 44.4 Å². The second-order valence-corrected chi connectivity index (χ2v) is 6.41. The fourth-order valence-electron chi connectivity index (χ4n) is 2.90. The minimum atomic E-state index is -0.188. The lowest BCUT2D eigenvalue weighted by molar-refractivity contribution is -0.116. The first-order valence-corrected chi connectivity index (χ1v) is 8.97. The number of benzene rings is 2. The van der Waals surface area contributed by atoms with E-state index < -0.39 is 0 Å². The highest BCUT2D eigenvalue weighted by Crippen LogP contribution is 2.27. The van der Waals surface area contributed by atoms with Crippen LogP contribution in [0.4, 0.5) is 0 Å². The average Bonchev–Trinajstić information content (AvgIpc) is 2.72. The third kappa shape index (κ3) is 5.50. The molecule has 0 saturated heterocycles. The van der Waals surface area contributed by atoms with Crippen LogP contribution in [-0.2, 0) is 4.79 Å². The monoisotopic (exact) mass is 384 g/mol. The number of nitrogens with one attached hydrogen (secondary N) is 1. The van der Waals surface area contributed by atoms with Crippen molar-refractivity contribution in [2.75, 3.05) is 42.0 Å². The van der Waals surface area contributed by atoms with E-state index in [1.54, 1.807) is 33.5 Å². The molecule has 2 aromatic rings. The van der Waals surface area contributed by atoms with Crippen molar-refractivity contribution in [3.63, 3.8) is 0 Å². The molecule has 1 amide bonds. The summed E-state index contributed by atoms with van der Waals surface area (Å²) in [5.74, 6) is 1.98. The van der Waals surface area contributed by atoms with Crippen LogP contribution in [0.5, 0.6) is 17.2 Å². The minimum Gasteiger partial charge on any atom is -0.497 e. The molecule has 1 atom stereocenters. The second kappa shape index (κ2) is 10.4.